The summed E-state index contributed by atoms with van der Waals surface area (Å²) < 4.78 is 14.5. The molecule has 138 valence electrons. The molecule has 0 rings (SSSR count). The topological polar surface area (TPSA) is 92.8 Å². The Morgan fingerprint density at radius 2 is 1.09 bits per heavy atom. The molecule has 6 heteroatoms. The van der Waals surface area contributed by atoms with Gasteiger partial charge >= 0.3 is 7.82 Å². The maximum absolute atomic E-state index is 10.2. The number of unbranched alkanes of at least 4 members (excludes halogenated alkanes) is 8. The molecule has 0 aliphatic carbocycles. The van der Waals surface area contributed by atoms with Gasteiger partial charge in [-0.15, -0.1) is 0 Å². The Balaban J connectivity index is -0.000000333. The van der Waals surface area contributed by atoms with E-state index in [9.17, 15) is 4.57 Å². The van der Waals surface area contributed by atoms with Crippen LogP contribution in [0.2, 0.25) is 0 Å². The predicted molar refractivity (Wildman–Crippen MR) is 95.9 cm³/mol. The zero-order valence-electron chi connectivity index (χ0n) is 15.2. The first kappa shape index (κ1) is 26.9. The van der Waals surface area contributed by atoms with E-state index in [0.29, 0.717) is 0 Å². The van der Waals surface area contributed by atoms with Crippen molar-refractivity contribution in [3.8, 4) is 0 Å². The molecule has 0 radical (unpaired) electrons. The lowest BCUT2D eigenvalue weighted by Crippen LogP contribution is -1.92. The summed E-state index contributed by atoms with van der Waals surface area (Å²) in [5, 5.41) is 0. The number of phosphoric acid groups is 1. The van der Waals surface area contributed by atoms with Gasteiger partial charge in [-0.2, -0.15) is 0 Å². The van der Waals surface area contributed by atoms with Gasteiger partial charge in [0.1, 0.15) is 0 Å². The molecule has 4 N–H and O–H groups in total. The molecule has 0 amide bonds. The van der Waals surface area contributed by atoms with Crippen LogP contribution in [0.3, 0.4) is 0 Å². The van der Waals surface area contributed by atoms with Crippen LogP contribution in [-0.2, 0) is 9.09 Å². The van der Waals surface area contributed by atoms with Crippen LogP contribution in [0.25, 0.3) is 0 Å². The molecule has 22 heavy (non-hydrogen) atoms. The second-order valence-electron chi connectivity index (χ2n) is 5.21. The molecule has 0 spiro atoms. The number of hydrogen-bond donors (Lipinski definition) is 3. The number of nitrogens with two attached hydrogens (primary N) is 1. The van der Waals surface area contributed by atoms with Crippen LogP contribution in [0.5, 0.6) is 0 Å². The van der Waals surface area contributed by atoms with Crippen molar-refractivity contribution in [2.75, 3.05) is 13.2 Å². The summed E-state index contributed by atoms with van der Waals surface area (Å²) in [5.74, 6) is 0. The van der Waals surface area contributed by atoms with Crippen molar-refractivity contribution < 1.29 is 18.9 Å². The van der Waals surface area contributed by atoms with Crippen molar-refractivity contribution in [1.29, 1.82) is 0 Å². The highest BCUT2D eigenvalue weighted by molar-refractivity contribution is 7.46. The molecule has 0 fully saturated rings. The molecular weight excluding hydrogens is 301 g/mol. The first-order valence-corrected chi connectivity index (χ1v) is 10.3. The predicted octanol–water partition coefficient (Wildman–Crippen LogP) is 5.01. The minimum Gasteiger partial charge on any atom is -0.331 e. The molecule has 0 bridgehead atoms. The quantitative estimate of drug-likeness (QED) is 0.363. The summed E-state index contributed by atoms with van der Waals surface area (Å²) in [6, 6.07) is 0. The first-order valence-electron chi connectivity index (χ1n) is 8.79. The van der Waals surface area contributed by atoms with Crippen LogP contribution in [-0.4, -0.2) is 22.9 Å². The van der Waals surface area contributed by atoms with Crippen LogP contribution < -0.4 is 5.73 Å². The van der Waals surface area contributed by atoms with E-state index in [0.717, 1.165) is 25.8 Å². The molecule has 0 unspecified atom stereocenters. The van der Waals surface area contributed by atoms with Gasteiger partial charge in [-0.1, -0.05) is 85.5 Å². The summed E-state index contributed by atoms with van der Waals surface area (Å²) in [5.41, 5.74) is 4.85. The number of hydrogen-bond acceptors (Lipinski definition) is 3. The minimum absolute atomic E-state index is 0.163. The maximum atomic E-state index is 10.2. The molecule has 0 heterocycles. The Morgan fingerprint density at radius 1 is 0.773 bits per heavy atom. The van der Waals surface area contributed by atoms with Crippen molar-refractivity contribution in [3.05, 3.63) is 0 Å². The van der Waals surface area contributed by atoms with Crippen molar-refractivity contribution in [2.24, 2.45) is 5.73 Å². The van der Waals surface area contributed by atoms with Crippen molar-refractivity contribution >= 4 is 7.82 Å². The van der Waals surface area contributed by atoms with E-state index < -0.39 is 7.82 Å². The highest BCUT2D eigenvalue weighted by atomic mass is 31.2. The van der Waals surface area contributed by atoms with Crippen LogP contribution >= 0.6 is 7.82 Å². The second kappa shape index (κ2) is 23.3. The van der Waals surface area contributed by atoms with Gasteiger partial charge < -0.3 is 15.5 Å². The number of rotatable bonds is 11. The molecule has 0 aromatic heterocycles. The first-order chi connectivity index (χ1) is 10.4. The fourth-order valence-corrected chi connectivity index (χ4v) is 1.93. The van der Waals surface area contributed by atoms with Crippen molar-refractivity contribution in [1.82, 2.24) is 0 Å². The Labute approximate surface area is 138 Å². The third-order valence-corrected chi connectivity index (χ3v) is 3.23. The van der Waals surface area contributed by atoms with Crippen molar-refractivity contribution in [3.63, 3.8) is 0 Å². The van der Waals surface area contributed by atoms with Crippen LogP contribution in [0, 0.1) is 0 Å². The Morgan fingerprint density at radius 3 is 1.45 bits per heavy atom. The Hall–Kier alpha value is 0.0700. The molecule has 0 atom stereocenters. The summed E-state index contributed by atoms with van der Waals surface area (Å²) in [6.45, 7) is 9.43. The zero-order chi connectivity index (χ0) is 17.7. The van der Waals surface area contributed by atoms with Gasteiger partial charge in [-0.05, 0) is 13.0 Å². The summed E-state index contributed by atoms with van der Waals surface area (Å²) in [4.78, 5) is 16.7. The fourth-order valence-electron chi connectivity index (χ4n) is 1.57. The van der Waals surface area contributed by atoms with Crippen LogP contribution in [0.1, 0.15) is 91.9 Å². The van der Waals surface area contributed by atoms with Gasteiger partial charge in [-0.25, -0.2) is 4.57 Å². The van der Waals surface area contributed by atoms with E-state index in [1.165, 1.54) is 44.9 Å². The van der Waals surface area contributed by atoms with Gasteiger partial charge in [-0.3, -0.25) is 4.52 Å². The van der Waals surface area contributed by atoms with Gasteiger partial charge in [0.2, 0.25) is 0 Å². The molecule has 0 aromatic carbocycles. The van der Waals surface area contributed by atoms with E-state index in [4.69, 9.17) is 15.5 Å². The van der Waals surface area contributed by atoms with E-state index in [1.807, 2.05) is 6.92 Å². The Kier molecular flexibility index (Phi) is 28.6. The lowest BCUT2D eigenvalue weighted by molar-refractivity contribution is 0.193. The van der Waals surface area contributed by atoms with E-state index in [2.05, 4.69) is 25.3 Å². The Bertz CT molecular complexity index is 218. The highest BCUT2D eigenvalue weighted by Gasteiger charge is 2.12. The summed E-state index contributed by atoms with van der Waals surface area (Å²) in [7, 11) is -4.23. The van der Waals surface area contributed by atoms with Crippen LogP contribution in [0.15, 0.2) is 0 Å². The van der Waals surface area contributed by atoms with Gasteiger partial charge in [0, 0.05) is 0 Å². The lowest BCUT2D eigenvalue weighted by atomic mass is 10.1. The van der Waals surface area contributed by atoms with Crippen LogP contribution in [0.4, 0.5) is 0 Å². The molecule has 0 aliphatic heterocycles. The minimum atomic E-state index is -4.23. The molecule has 0 aliphatic rings. The second-order valence-corrected chi connectivity index (χ2v) is 6.45. The van der Waals surface area contributed by atoms with Gasteiger partial charge in [0.15, 0.2) is 0 Å². The lowest BCUT2D eigenvalue weighted by Gasteiger charge is -2.04. The highest BCUT2D eigenvalue weighted by Crippen LogP contribution is 2.35. The van der Waals surface area contributed by atoms with E-state index in [1.54, 1.807) is 0 Å². The molecule has 0 aromatic rings. The average Bonchev–Trinajstić information content (AvgIpc) is 2.44. The molecule has 0 saturated carbocycles. The third-order valence-electron chi connectivity index (χ3n) is 2.71. The van der Waals surface area contributed by atoms with E-state index >= 15 is 0 Å². The zero-order valence-corrected chi connectivity index (χ0v) is 16.1. The summed E-state index contributed by atoms with van der Waals surface area (Å²) >= 11 is 0. The van der Waals surface area contributed by atoms with Gasteiger partial charge in [0.05, 0.1) is 6.61 Å². The average molecular weight is 341 g/mol. The monoisotopic (exact) mass is 341 g/mol. The smallest absolute Gasteiger partial charge is 0.331 e. The third kappa shape index (κ3) is 42.7. The van der Waals surface area contributed by atoms with E-state index in [-0.39, 0.29) is 6.61 Å². The normalized spacial score (nSPS) is 10.3. The molecule has 5 nitrogen and oxygen atoms in total. The standard InChI is InChI=1S/C8H19O4P.C6H14.C2H7N/c1-2-3-4-5-6-7-8-12-13(9,10)11;1-3-5-6-4-2;1-2-3/h2-8H2,1H3,(H2,9,10,11);3-6H2,1-2H3;2-3H2,1H3. The molecule has 0 saturated heterocycles. The fraction of sp³-hybridized carbons (Fsp3) is 1.00. The SMILES string of the molecule is CCCCCC.CCCCCCCCOP(=O)(O)O.CCN. The summed E-state index contributed by atoms with van der Waals surface area (Å²) in [6.07, 6.45) is 12.0. The largest absolute Gasteiger partial charge is 0.469 e. The number of phosphoric ester groups is 1. The van der Waals surface area contributed by atoms with Crippen molar-refractivity contribution in [2.45, 2.75) is 91.9 Å². The van der Waals surface area contributed by atoms with Gasteiger partial charge in [0.25, 0.3) is 0 Å². The molecular formula is C16H40NO4P. The maximum Gasteiger partial charge on any atom is 0.469 e.